The fraction of sp³-hybridized carbons (Fsp3) is 0.462. The molecule has 0 heterocycles. The van der Waals surface area contributed by atoms with Crippen LogP contribution in [0.1, 0.15) is 50.2 Å². The van der Waals surface area contributed by atoms with E-state index in [-0.39, 0.29) is 23.6 Å². The van der Waals surface area contributed by atoms with E-state index in [0.717, 1.165) is 42.6 Å². The molecule has 0 unspecified atom stereocenters. The van der Waals surface area contributed by atoms with Crippen LogP contribution in [0.5, 0.6) is 5.75 Å². The quantitative estimate of drug-likeness (QED) is 0.387. The molecule has 2 amide bonds. The van der Waals surface area contributed by atoms with Gasteiger partial charge in [-0.05, 0) is 54.7 Å². The van der Waals surface area contributed by atoms with E-state index in [0.29, 0.717) is 28.8 Å². The summed E-state index contributed by atoms with van der Waals surface area (Å²) in [5.41, 5.74) is 1.88. The highest BCUT2D eigenvalue weighted by Crippen LogP contribution is 2.26. The van der Waals surface area contributed by atoms with Gasteiger partial charge >= 0.3 is 0 Å². The first-order chi connectivity index (χ1) is 16.4. The van der Waals surface area contributed by atoms with Gasteiger partial charge in [0.2, 0.25) is 11.8 Å². The molecular formula is C26H32Cl2N2O3S. The van der Waals surface area contributed by atoms with Crippen molar-refractivity contribution in [1.29, 1.82) is 0 Å². The van der Waals surface area contributed by atoms with E-state index >= 15 is 0 Å². The van der Waals surface area contributed by atoms with E-state index in [9.17, 15) is 9.59 Å². The summed E-state index contributed by atoms with van der Waals surface area (Å²) < 4.78 is 5.25. The summed E-state index contributed by atoms with van der Waals surface area (Å²) in [6, 6.07) is 12.7. The normalized spacial score (nSPS) is 14.6. The SMILES string of the molecule is CC[C@@H](C(=O)NC1CCCC1)N(Cc1ccc(OC)cc1)C(=O)CSCc1ccc(Cl)cc1Cl. The number of methoxy groups -OCH3 is 1. The molecule has 1 N–H and O–H groups in total. The first kappa shape index (κ1) is 26.7. The molecule has 2 aromatic rings. The van der Waals surface area contributed by atoms with Gasteiger partial charge in [-0.25, -0.2) is 0 Å². The van der Waals surface area contributed by atoms with Crippen molar-refractivity contribution in [3.05, 3.63) is 63.6 Å². The van der Waals surface area contributed by atoms with Gasteiger partial charge < -0.3 is 15.0 Å². The summed E-state index contributed by atoms with van der Waals surface area (Å²) in [6.45, 7) is 2.31. The predicted molar refractivity (Wildman–Crippen MR) is 141 cm³/mol. The number of halogens is 2. The van der Waals surface area contributed by atoms with Crippen LogP contribution in [0.2, 0.25) is 10.0 Å². The van der Waals surface area contributed by atoms with Gasteiger partial charge in [-0.15, -0.1) is 11.8 Å². The van der Waals surface area contributed by atoms with Crippen LogP contribution in [0.3, 0.4) is 0 Å². The maximum absolute atomic E-state index is 13.4. The number of nitrogens with zero attached hydrogens (tertiary/aromatic N) is 1. The lowest BCUT2D eigenvalue weighted by Crippen LogP contribution is -2.51. The standard InChI is InChI=1S/C26H32Cl2N2O3S/c1-3-24(26(32)29-21-6-4-5-7-21)30(15-18-8-12-22(33-2)13-9-18)25(31)17-34-16-19-10-11-20(27)14-23(19)28/h8-14,21,24H,3-7,15-17H2,1-2H3,(H,29,32)/t24-/m0/s1. The van der Waals surface area contributed by atoms with Gasteiger partial charge in [-0.1, -0.05) is 61.2 Å². The van der Waals surface area contributed by atoms with E-state index in [4.69, 9.17) is 27.9 Å². The van der Waals surface area contributed by atoms with E-state index in [1.54, 1.807) is 24.1 Å². The fourth-order valence-electron chi connectivity index (χ4n) is 4.18. The summed E-state index contributed by atoms with van der Waals surface area (Å²) in [6.07, 6.45) is 4.84. The highest BCUT2D eigenvalue weighted by molar-refractivity contribution is 7.99. The largest absolute Gasteiger partial charge is 0.497 e. The van der Waals surface area contributed by atoms with E-state index in [2.05, 4.69) is 5.32 Å². The Hall–Kier alpha value is -1.89. The minimum Gasteiger partial charge on any atom is -0.497 e. The fourth-order valence-corrected chi connectivity index (χ4v) is 5.65. The zero-order chi connectivity index (χ0) is 24.5. The summed E-state index contributed by atoms with van der Waals surface area (Å²) in [5.74, 6) is 1.45. The molecular weight excluding hydrogens is 491 g/mol. The maximum Gasteiger partial charge on any atom is 0.243 e. The lowest BCUT2D eigenvalue weighted by molar-refractivity contribution is -0.139. The number of amides is 2. The number of nitrogens with one attached hydrogen (secondary N) is 1. The molecule has 8 heteroatoms. The molecule has 0 aromatic heterocycles. The highest BCUT2D eigenvalue weighted by atomic mass is 35.5. The number of hydrogen-bond acceptors (Lipinski definition) is 4. The number of rotatable bonds is 11. The van der Waals surface area contributed by atoms with Crippen LogP contribution in [0.15, 0.2) is 42.5 Å². The van der Waals surface area contributed by atoms with Crippen molar-refractivity contribution in [3.63, 3.8) is 0 Å². The number of carbonyl (C=O) groups excluding carboxylic acids is 2. The van der Waals surface area contributed by atoms with Gasteiger partial charge in [0, 0.05) is 28.4 Å². The maximum atomic E-state index is 13.4. The van der Waals surface area contributed by atoms with E-state index in [1.807, 2.05) is 37.3 Å². The van der Waals surface area contributed by atoms with Crippen LogP contribution in [-0.4, -0.2) is 41.7 Å². The van der Waals surface area contributed by atoms with Gasteiger partial charge in [0.25, 0.3) is 0 Å². The van der Waals surface area contributed by atoms with Crippen molar-refractivity contribution in [1.82, 2.24) is 10.2 Å². The minimum absolute atomic E-state index is 0.0676. The minimum atomic E-state index is -0.519. The van der Waals surface area contributed by atoms with Crippen LogP contribution in [0.4, 0.5) is 0 Å². The molecule has 1 atom stereocenters. The molecule has 34 heavy (non-hydrogen) atoms. The molecule has 1 aliphatic rings. The highest BCUT2D eigenvalue weighted by Gasteiger charge is 2.30. The summed E-state index contributed by atoms with van der Waals surface area (Å²) in [5, 5.41) is 4.35. The zero-order valence-corrected chi connectivity index (χ0v) is 22.0. The average Bonchev–Trinajstić information content (AvgIpc) is 3.33. The topological polar surface area (TPSA) is 58.6 Å². The van der Waals surface area contributed by atoms with Crippen LogP contribution < -0.4 is 10.1 Å². The summed E-state index contributed by atoms with van der Waals surface area (Å²) in [4.78, 5) is 28.3. The second-order valence-electron chi connectivity index (χ2n) is 8.51. The van der Waals surface area contributed by atoms with Gasteiger partial charge in [-0.2, -0.15) is 0 Å². The Kier molecular flexibility index (Phi) is 10.4. The third-order valence-corrected chi connectivity index (χ3v) is 7.65. The van der Waals surface area contributed by atoms with Crippen molar-refractivity contribution < 1.29 is 14.3 Å². The van der Waals surface area contributed by atoms with Crippen LogP contribution in [0.25, 0.3) is 0 Å². The molecule has 2 aromatic carbocycles. The second kappa shape index (κ2) is 13.3. The monoisotopic (exact) mass is 522 g/mol. The predicted octanol–water partition coefficient (Wildman–Crippen LogP) is 6.10. The number of carbonyl (C=O) groups is 2. The van der Waals surface area contributed by atoms with Crippen molar-refractivity contribution in [3.8, 4) is 5.75 Å². The molecule has 0 spiro atoms. The first-order valence-electron chi connectivity index (χ1n) is 11.7. The lowest BCUT2D eigenvalue weighted by Gasteiger charge is -2.31. The summed E-state index contributed by atoms with van der Waals surface area (Å²) in [7, 11) is 1.62. The molecule has 1 saturated carbocycles. The van der Waals surface area contributed by atoms with Crippen molar-refractivity contribution in [2.45, 2.75) is 63.4 Å². The van der Waals surface area contributed by atoms with Crippen molar-refractivity contribution in [2.75, 3.05) is 12.9 Å². The Morgan fingerprint density at radius 3 is 2.47 bits per heavy atom. The van der Waals surface area contributed by atoms with Gasteiger partial charge in [0.15, 0.2) is 0 Å². The third-order valence-electron chi connectivity index (χ3n) is 6.10. The number of thioether (sulfide) groups is 1. The second-order valence-corrected chi connectivity index (χ2v) is 10.3. The molecule has 0 aliphatic heterocycles. The Morgan fingerprint density at radius 1 is 1.15 bits per heavy atom. The number of hydrogen-bond donors (Lipinski definition) is 1. The van der Waals surface area contributed by atoms with Crippen molar-refractivity contribution >= 4 is 46.8 Å². The first-order valence-corrected chi connectivity index (χ1v) is 13.6. The molecule has 0 saturated heterocycles. The molecule has 3 rings (SSSR count). The van der Waals surface area contributed by atoms with E-state index in [1.165, 1.54) is 11.8 Å². The molecule has 0 bridgehead atoms. The third kappa shape index (κ3) is 7.56. The van der Waals surface area contributed by atoms with Crippen LogP contribution in [0, 0.1) is 0 Å². The Morgan fingerprint density at radius 2 is 1.85 bits per heavy atom. The molecule has 0 radical (unpaired) electrons. The molecule has 1 aliphatic carbocycles. The summed E-state index contributed by atoms with van der Waals surface area (Å²) >= 11 is 13.7. The van der Waals surface area contributed by atoms with Crippen molar-refractivity contribution in [2.24, 2.45) is 0 Å². The van der Waals surface area contributed by atoms with Crippen LogP contribution >= 0.6 is 35.0 Å². The Labute approximate surface area is 216 Å². The van der Waals surface area contributed by atoms with E-state index < -0.39 is 6.04 Å². The zero-order valence-electron chi connectivity index (χ0n) is 19.7. The number of ether oxygens (including phenoxy) is 1. The van der Waals surface area contributed by atoms with Crippen LogP contribution in [-0.2, 0) is 21.9 Å². The number of benzene rings is 2. The molecule has 1 fully saturated rings. The van der Waals surface area contributed by atoms with Gasteiger partial charge in [-0.3, -0.25) is 9.59 Å². The smallest absolute Gasteiger partial charge is 0.243 e. The Balaban J connectivity index is 1.71. The average molecular weight is 524 g/mol. The Bertz CT molecular complexity index is 965. The molecule has 5 nitrogen and oxygen atoms in total. The van der Waals surface area contributed by atoms with Gasteiger partial charge in [0.05, 0.1) is 12.9 Å². The molecule has 184 valence electrons. The van der Waals surface area contributed by atoms with Gasteiger partial charge in [0.1, 0.15) is 11.8 Å². The lowest BCUT2D eigenvalue weighted by atomic mass is 10.1.